The number of methoxy groups -OCH3 is 2. The Morgan fingerprint density at radius 1 is 1.05 bits per heavy atom. The number of alkyl carbamates (subject to hydrolysis) is 1. The molecule has 0 bridgehead atoms. The molecule has 0 heterocycles. The molecule has 1 aromatic carbocycles. The van der Waals surface area contributed by atoms with E-state index in [0.717, 1.165) is 11.3 Å². The number of carbonyl (C=O) groups excluding carboxylic acids is 2. The Kier molecular flexibility index (Phi) is 6.21. The molecule has 6 nitrogen and oxygen atoms in total. The lowest BCUT2D eigenvalue weighted by molar-refractivity contribution is -0.120. The first-order valence-corrected chi connectivity index (χ1v) is 5.87. The van der Waals surface area contributed by atoms with Gasteiger partial charge in [0.1, 0.15) is 5.75 Å². The molecule has 2 N–H and O–H groups in total. The third-order valence-corrected chi connectivity index (χ3v) is 2.43. The van der Waals surface area contributed by atoms with Crippen molar-refractivity contribution in [1.82, 2.24) is 10.6 Å². The number of rotatable bonds is 6. The van der Waals surface area contributed by atoms with E-state index in [1.54, 1.807) is 19.2 Å². The van der Waals surface area contributed by atoms with Gasteiger partial charge in [-0.1, -0.05) is 12.1 Å². The van der Waals surface area contributed by atoms with Gasteiger partial charge in [-0.25, -0.2) is 4.79 Å². The van der Waals surface area contributed by atoms with E-state index in [9.17, 15) is 9.59 Å². The highest BCUT2D eigenvalue weighted by Crippen LogP contribution is 2.11. The van der Waals surface area contributed by atoms with Crippen molar-refractivity contribution >= 4 is 12.0 Å². The smallest absolute Gasteiger partial charge is 0.406 e. The summed E-state index contributed by atoms with van der Waals surface area (Å²) in [5, 5.41) is 5.17. The van der Waals surface area contributed by atoms with Crippen LogP contribution in [0.3, 0.4) is 0 Å². The first kappa shape index (κ1) is 14.8. The molecule has 0 spiro atoms. The molecule has 0 atom stereocenters. The van der Waals surface area contributed by atoms with E-state index in [4.69, 9.17) is 4.74 Å². The summed E-state index contributed by atoms with van der Waals surface area (Å²) in [6.07, 6.45) is -0.216. The van der Waals surface area contributed by atoms with Crippen LogP contribution in [-0.4, -0.2) is 39.3 Å². The van der Waals surface area contributed by atoms with Crippen LogP contribution in [0.4, 0.5) is 4.79 Å². The predicted octanol–water partition coefficient (Wildman–Crippen LogP) is 0.710. The zero-order valence-corrected chi connectivity index (χ0v) is 11.1. The Morgan fingerprint density at radius 3 is 2.26 bits per heavy atom. The zero-order chi connectivity index (χ0) is 14.1. The third kappa shape index (κ3) is 5.76. The molecule has 1 rings (SSSR count). The minimum absolute atomic E-state index is 0.100. The van der Waals surface area contributed by atoms with Crippen molar-refractivity contribution < 1.29 is 19.1 Å². The van der Waals surface area contributed by atoms with Crippen molar-refractivity contribution in [3.8, 4) is 5.75 Å². The van der Waals surface area contributed by atoms with Crippen molar-refractivity contribution in [2.75, 3.05) is 27.3 Å². The average Bonchev–Trinajstić information content (AvgIpc) is 2.44. The van der Waals surface area contributed by atoms with Crippen molar-refractivity contribution in [2.45, 2.75) is 6.42 Å². The van der Waals surface area contributed by atoms with Crippen molar-refractivity contribution in [2.24, 2.45) is 0 Å². The van der Waals surface area contributed by atoms with Crippen LogP contribution in [-0.2, 0) is 16.0 Å². The minimum Gasteiger partial charge on any atom is -0.497 e. The molecule has 0 radical (unpaired) electrons. The highest BCUT2D eigenvalue weighted by atomic mass is 16.5. The van der Waals surface area contributed by atoms with E-state index in [-0.39, 0.29) is 5.91 Å². The molecule has 0 aromatic heterocycles. The van der Waals surface area contributed by atoms with E-state index in [0.29, 0.717) is 19.5 Å². The van der Waals surface area contributed by atoms with E-state index in [2.05, 4.69) is 15.4 Å². The molecule has 0 unspecified atom stereocenters. The lowest BCUT2D eigenvalue weighted by Gasteiger charge is -2.07. The summed E-state index contributed by atoms with van der Waals surface area (Å²) >= 11 is 0. The van der Waals surface area contributed by atoms with E-state index in [1.165, 1.54) is 7.11 Å². The van der Waals surface area contributed by atoms with Gasteiger partial charge < -0.3 is 20.1 Å². The Hall–Kier alpha value is -2.24. The van der Waals surface area contributed by atoms with Gasteiger partial charge in [0.2, 0.25) is 5.91 Å². The molecule has 104 valence electrons. The van der Waals surface area contributed by atoms with Crippen LogP contribution in [0.15, 0.2) is 24.3 Å². The van der Waals surface area contributed by atoms with E-state index in [1.807, 2.05) is 12.1 Å². The topological polar surface area (TPSA) is 76.7 Å². The number of hydrogen-bond donors (Lipinski definition) is 2. The summed E-state index contributed by atoms with van der Waals surface area (Å²) in [7, 11) is 2.88. The van der Waals surface area contributed by atoms with Crippen molar-refractivity contribution in [3.63, 3.8) is 0 Å². The van der Waals surface area contributed by atoms with Gasteiger partial charge in [-0.2, -0.15) is 0 Å². The lowest BCUT2D eigenvalue weighted by Crippen LogP contribution is -2.35. The van der Waals surface area contributed by atoms with Gasteiger partial charge in [0.05, 0.1) is 20.6 Å². The fraction of sp³-hybridized carbons (Fsp3) is 0.385. The maximum atomic E-state index is 11.6. The maximum absolute atomic E-state index is 11.6. The van der Waals surface area contributed by atoms with Gasteiger partial charge in [-0.15, -0.1) is 0 Å². The van der Waals surface area contributed by atoms with Crippen molar-refractivity contribution in [3.05, 3.63) is 29.8 Å². The molecule has 19 heavy (non-hydrogen) atoms. The fourth-order valence-electron chi connectivity index (χ4n) is 1.43. The van der Waals surface area contributed by atoms with E-state index < -0.39 is 6.09 Å². The molecule has 2 amide bonds. The third-order valence-electron chi connectivity index (χ3n) is 2.43. The summed E-state index contributed by atoms with van der Waals surface area (Å²) in [5.41, 5.74) is 0.902. The lowest BCUT2D eigenvalue weighted by atomic mass is 10.1. The van der Waals surface area contributed by atoms with Gasteiger partial charge in [0.15, 0.2) is 0 Å². The molecular formula is C13H18N2O4. The fourth-order valence-corrected chi connectivity index (χ4v) is 1.43. The number of benzene rings is 1. The van der Waals surface area contributed by atoms with Gasteiger partial charge in [-0.05, 0) is 17.7 Å². The molecule has 0 aliphatic rings. The molecule has 0 aliphatic carbocycles. The van der Waals surface area contributed by atoms with Crippen LogP contribution in [0.2, 0.25) is 0 Å². The summed E-state index contributed by atoms with van der Waals surface area (Å²) in [4.78, 5) is 22.3. The molecule has 0 aliphatic heterocycles. The average molecular weight is 266 g/mol. The Labute approximate surface area is 112 Å². The van der Waals surface area contributed by atoms with Gasteiger partial charge in [-0.3, -0.25) is 4.79 Å². The van der Waals surface area contributed by atoms with Crippen LogP contribution in [0, 0.1) is 0 Å². The zero-order valence-electron chi connectivity index (χ0n) is 11.1. The molecule has 6 heteroatoms. The van der Waals surface area contributed by atoms with Gasteiger partial charge in [0, 0.05) is 13.1 Å². The second-order valence-electron chi connectivity index (χ2n) is 3.79. The number of amides is 2. The summed E-state index contributed by atoms with van der Waals surface area (Å²) in [6.45, 7) is 0.700. The number of nitrogens with one attached hydrogen (secondary N) is 2. The summed E-state index contributed by atoms with van der Waals surface area (Å²) in [5.74, 6) is 0.656. The second-order valence-corrected chi connectivity index (χ2v) is 3.79. The van der Waals surface area contributed by atoms with Crippen molar-refractivity contribution in [1.29, 1.82) is 0 Å². The number of hydrogen-bond acceptors (Lipinski definition) is 4. The molecule has 1 aromatic rings. The maximum Gasteiger partial charge on any atom is 0.406 e. The quantitative estimate of drug-likeness (QED) is 0.743. The molecular weight excluding hydrogens is 248 g/mol. The van der Waals surface area contributed by atoms with Gasteiger partial charge in [0.25, 0.3) is 0 Å². The molecule has 0 fully saturated rings. The minimum atomic E-state index is -0.510. The summed E-state index contributed by atoms with van der Waals surface area (Å²) in [6, 6.07) is 7.29. The first-order valence-electron chi connectivity index (χ1n) is 5.87. The van der Waals surface area contributed by atoms with Crippen LogP contribution in [0.25, 0.3) is 0 Å². The first-order chi connectivity index (χ1) is 9.15. The Morgan fingerprint density at radius 2 is 1.68 bits per heavy atom. The van der Waals surface area contributed by atoms with Crippen LogP contribution < -0.4 is 15.4 Å². The number of ether oxygens (including phenoxy) is 2. The second kappa shape index (κ2) is 7.97. The van der Waals surface area contributed by atoms with Crippen LogP contribution in [0.1, 0.15) is 5.56 Å². The standard InChI is InChI=1S/C13H18N2O4/c1-18-11-5-3-10(4-6-11)9-12(16)14-7-8-15-13(17)19-2/h3-6H,7-9H2,1-2H3,(H,14,16)(H,15,17). The SMILES string of the molecule is COC(=O)NCCNC(=O)Cc1ccc(OC)cc1. The molecule has 0 saturated heterocycles. The Bertz CT molecular complexity index is 417. The highest BCUT2D eigenvalue weighted by molar-refractivity contribution is 5.78. The monoisotopic (exact) mass is 266 g/mol. The van der Waals surface area contributed by atoms with Crippen LogP contribution in [0.5, 0.6) is 5.75 Å². The van der Waals surface area contributed by atoms with Crippen LogP contribution >= 0.6 is 0 Å². The normalized spacial score (nSPS) is 9.58. The predicted molar refractivity (Wildman–Crippen MR) is 70.1 cm³/mol. The number of carbonyl (C=O) groups is 2. The summed E-state index contributed by atoms with van der Waals surface area (Å²) < 4.78 is 9.43. The largest absolute Gasteiger partial charge is 0.497 e. The van der Waals surface area contributed by atoms with E-state index >= 15 is 0 Å². The van der Waals surface area contributed by atoms with Gasteiger partial charge >= 0.3 is 6.09 Å². The Balaban J connectivity index is 2.25. The highest BCUT2D eigenvalue weighted by Gasteiger charge is 2.03. The molecule has 0 saturated carbocycles.